The number of aromatic nitrogens is 1. The molecule has 1 saturated heterocycles. The molecular weight excluding hydrogens is 260 g/mol. The largest absolute Gasteiger partial charge is 0.357 e. The first-order valence-corrected chi connectivity index (χ1v) is 7.85. The van der Waals surface area contributed by atoms with E-state index in [2.05, 4.69) is 34.1 Å². The maximum absolute atomic E-state index is 12.7. The lowest BCUT2D eigenvalue weighted by Gasteiger charge is -2.39. The van der Waals surface area contributed by atoms with Crippen LogP contribution in [-0.2, 0) is 4.79 Å². The van der Waals surface area contributed by atoms with Crippen molar-refractivity contribution in [3.05, 3.63) is 36.0 Å². The van der Waals surface area contributed by atoms with Crippen LogP contribution in [0.3, 0.4) is 0 Å². The Bertz CT molecular complexity index is 618. The summed E-state index contributed by atoms with van der Waals surface area (Å²) in [6.07, 6.45) is 3.35. The summed E-state index contributed by atoms with van der Waals surface area (Å²) in [5.41, 5.74) is 2.01. The highest BCUT2D eigenvalue weighted by molar-refractivity contribution is 5.83. The fourth-order valence-corrected chi connectivity index (χ4v) is 3.20. The van der Waals surface area contributed by atoms with Crippen molar-refractivity contribution in [2.45, 2.75) is 46.1 Å². The quantitative estimate of drug-likeness (QED) is 0.834. The fraction of sp³-hybridized carbons (Fsp3) is 0.500. The molecule has 0 spiro atoms. The number of nitrogens with one attached hydrogen (secondary N) is 1. The Morgan fingerprint density at radius 3 is 2.71 bits per heavy atom. The molecule has 1 aromatic carbocycles. The van der Waals surface area contributed by atoms with E-state index in [1.165, 1.54) is 17.5 Å². The van der Waals surface area contributed by atoms with E-state index in [0.717, 1.165) is 24.9 Å². The van der Waals surface area contributed by atoms with E-state index < -0.39 is 0 Å². The van der Waals surface area contributed by atoms with Gasteiger partial charge in [-0.25, -0.2) is 0 Å². The lowest BCUT2D eigenvalue weighted by Crippen LogP contribution is -2.44. The van der Waals surface area contributed by atoms with Crippen molar-refractivity contribution in [2.24, 2.45) is 5.41 Å². The summed E-state index contributed by atoms with van der Waals surface area (Å²) in [6.45, 7) is 6.89. The molecule has 1 fully saturated rings. The smallest absolute Gasteiger partial charge is 0.228 e. The highest BCUT2D eigenvalue weighted by atomic mass is 16.2. The summed E-state index contributed by atoms with van der Waals surface area (Å²) >= 11 is 0. The van der Waals surface area contributed by atoms with Gasteiger partial charge in [0.1, 0.15) is 0 Å². The number of rotatable bonds is 1. The molecule has 0 bridgehead atoms. The van der Waals surface area contributed by atoms with Gasteiger partial charge in [0.05, 0.1) is 6.04 Å². The predicted octanol–water partition coefficient (Wildman–Crippen LogP) is 4.27. The molecule has 2 aromatic rings. The molecule has 1 N–H and O–H groups in total. The van der Waals surface area contributed by atoms with E-state index >= 15 is 0 Å². The van der Waals surface area contributed by atoms with E-state index in [1.807, 2.05) is 26.8 Å². The van der Waals surface area contributed by atoms with E-state index in [4.69, 9.17) is 0 Å². The van der Waals surface area contributed by atoms with Crippen molar-refractivity contribution >= 4 is 16.8 Å². The number of carbonyl (C=O) groups is 1. The second kappa shape index (κ2) is 5.21. The van der Waals surface area contributed by atoms with Crippen molar-refractivity contribution in [3.63, 3.8) is 0 Å². The van der Waals surface area contributed by atoms with Crippen LogP contribution in [0.1, 0.15) is 51.8 Å². The van der Waals surface area contributed by atoms with Crippen LogP contribution in [0.4, 0.5) is 0 Å². The van der Waals surface area contributed by atoms with Crippen molar-refractivity contribution in [1.82, 2.24) is 9.88 Å². The van der Waals surface area contributed by atoms with Crippen LogP contribution in [-0.4, -0.2) is 22.3 Å². The zero-order valence-electron chi connectivity index (χ0n) is 13.1. The van der Waals surface area contributed by atoms with Crippen LogP contribution in [0.2, 0.25) is 0 Å². The molecule has 1 aliphatic heterocycles. The number of fused-ring (bicyclic) bond motifs is 1. The van der Waals surface area contributed by atoms with Crippen LogP contribution in [0.5, 0.6) is 0 Å². The minimum atomic E-state index is -0.318. The Kier molecular flexibility index (Phi) is 3.52. The molecule has 1 aliphatic rings. The summed E-state index contributed by atoms with van der Waals surface area (Å²) in [7, 11) is 0. The van der Waals surface area contributed by atoms with Crippen LogP contribution in [0, 0.1) is 5.41 Å². The number of amides is 1. The molecule has 3 heteroatoms. The van der Waals surface area contributed by atoms with Crippen LogP contribution >= 0.6 is 0 Å². The first kappa shape index (κ1) is 14.2. The molecule has 1 unspecified atom stereocenters. The van der Waals surface area contributed by atoms with Gasteiger partial charge in [-0.1, -0.05) is 39.0 Å². The maximum Gasteiger partial charge on any atom is 0.228 e. The SMILES string of the molecule is CC(C)(C)C(=O)N1CCCCC1c1cc2ccccc2[nH]1. The zero-order chi connectivity index (χ0) is 15.0. The van der Waals surface area contributed by atoms with Gasteiger partial charge in [-0.2, -0.15) is 0 Å². The van der Waals surface area contributed by atoms with E-state index in [9.17, 15) is 4.79 Å². The first-order chi connectivity index (χ1) is 9.97. The van der Waals surface area contributed by atoms with Gasteiger partial charge in [0.2, 0.25) is 5.91 Å². The Morgan fingerprint density at radius 2 is 2.00 bits per heavy atom. The minimum Gasteiger partial charge on any atom is -0.357 e. The predicted molar refractivity (Wildman–Crippen MR) is 86.1 cm³/mol. The molecule has 1 aromatic heterocycles. The zero-order valence-corrected chi connectivity index (χ0v) is 13.1. The molecule has 0 saturated carbocycles. The van der Waals surface area contributed by atoms with Gasteiger partial charge in [0, 0.05) is 23.2 Å². The molecule has 2 heterocycles. The summed E-state index contributed by atoms with van der Waals surface area (Å²) in [4.78, 5) is 18.3. The van der Waals surface area contributed by atoms with Gasteiger partial charge in [-0.05, 0) is 36.8 Å². The minimum absolute atomic E-state index is 0.192. The second-order valence-electron chi connectivity index (χ2n) is 7.07. The van der Waals surface area contributed by atoms with E-state index in [0.29, 0.717) is 0 Å². The number of H-pyrrole nitrogens is 1. The highest BCUT2D eigenvalue weighted by Crippen LogP contribution is 2.35. The number of para-hydroxylation sites is 1. The molecule has 1 atom stereocenters. The molecule has 0 aliphatic carbocycles. The molecule has 3 rings (SSSR count). The van der Waals surface area contributed by atoms with Crippen LogP contribution in [0.15, 0.2) is 30.3 Å². The second-order valence-corrected chi connectivity index (χ2v) is 7.07. The molecule has 21 heavy (non-hydrogen) atoms. The molecule has 3 nitrogen and oxygen atoms in total. The number of likely N-dealkylation sites (tertiary alicyclic amines) is 1. The van der Waals surface area contributed by atoms with Crippen LogP contribution in [0.25, 0.3) is 10.9 Å². The highest BCUT2D eigenvalue weighted by Gasteiger charge is 2.34. The molecular formula is C18H24N2O. The Balaban J connectivity index is 1.95. The third kappa shape index (κ3) is 2.69. The number of nitrogens with zero attached hydrogens (tertiary/aromatic N) is 1. The standard InChI is InChI=1S/C18H24N2O/c1-18(2,3)17(21)20-11-7-6-10-16(20)15-12-13-8-4-5-9-14(13)19-15/h4-5,8-9,12,16,19H,6-7,10-11H2,1-3H3. The summed E-state index contributed by atoms with van der Waals surface area (Å²) < 4.78 is 0. The lowest BCUT2D eigenvalue weighted by atomic mass is 9.90. The average Bonchev–Trinajstić information content (AvgIpc) is 2.89. The van der Waals surface area contributed by atoms with Crippen molar-refractivity contribution in [3.8, 4) is 0 Å². The average molecular weight is 284 g/mol. The number of piperidine rings is 1. The summed E-state index contributed by atoms with van der Waals surface area (Å²) in [6, 6.07) is 10.7. The number of hydrogen-bond donors (Lipinski definition) is 1. The first-order valence-electron chi connectivity index (χ1n) is 7.85. The van der Waals surface area contributed by atoms with Gasteiger partial charge in [-0.15, -0.1) is 0 Å². The van der Waals surface area contributed by atoms with E-state index in [1.54, 1.807) is 0 Å². The van der Waals surface area contributed by atoms with Gasteiger partial charge >= 0.3 is 0 Å². The van der Waals surface area contributed by atoms with Gasteiger partial charge < -0.3 is 9.88 Å². The number of hydrogen-bond acceptors (Lipinski definition) is 1. The third-order valence-electron chi connectivity index (χ3n) is 4.32. The van der Waals surface area contributed by atoms with Crippen LogP contribution < -0.4 is 0 Å². The molecule has 1 amide bonds. The van der Waals surface area contributed by atoms with Gasteiger partial charge in [0.25, 0.3) is 0 Å². The topological polar surface area (TPSA) is 36.1 Å². The maximum atomic E-state index is 12.7. The Labute approximate surface area is 126 Å². The van der Waals surface area contributed by atoms with Gasteiger partial charge in [-0.3, -0.25) is 4.79 Å². The van der Waals surface area contributed by atoms with Gasteiger partial charge in [0.15, 0.2) is 0 Å². The Hall–Kier alpha value is -1.77. The summed E-state index contributed by atoms with van der Waals surface area (Å²) in [5.74, 6) is 0.255. The molecule has 112 valence electrons. The monoisotopic (exact) mass is 284 g/mol. The number of aromatic amines is 1. The van der Waals surface area contributed by atoms with Crippen molar-refractivity contribution < 1.29 is 4.79 Å². The molecule has 0 radical (unpaired) electrons. The normalized spacial score (nSPS) is 20.0. The number of carbonyl (C=O) groups excluding carboxylic acids is 1. The van der Waals surface area contributed by atoms with Crippen molar-refractivity contribution in [2.75, 3.05) is 6.54 Å². The lowest BCUT2D eigenvalue weighted by molar-refractivity contribution is -0.143. The van der Waals surface area contributed by atoms with E-state index in [-0.39, 0.29) is 17.4 Å². The Morgan fingerprint density at radius 1 is 1.24 bits per heavy atom. The summed E-state index contributed by atoms with van der Waals surface area (Å²) in [5, 5.41) is 1.22. The number of benzene rings is 1. The third-order valence-corrected chi connectivity index (χ3v) is 4.32. The van der Waals surface area contributed by atoms with Crippen molar-refractivity contribution in [1.29, 1.82) is 0 Å². The fourth-order valence-electron chi connectivity index (χ4n) is 3.20.